The average molecular weight is 717 g/mol. The van der Waals surface area contributed by atoms with E-state index in [1.54, 1.807) is 12.1 Å². The summed E-state index contributed by atoms with van der Waals surface area (Å²) in [6.45, 7) is 12.8. The molecule has 2 aliphatic rings. The van der Waals surface area contributed by atoms with Gasteiger partial charge in [-0.05, 0) is 73.4 Å². The van der Waals surface area contributed by atoms with Crippen LogP contribution < -0.4 is 30.9 Å². The lowest BCUT2D eigenvalue weighted by Gasteiger charge is -2.45. The minimum absolute atomic E-state index is 0.161. The van der Waals surface area contributed by atoms with Gasteiger partial charge in [0, 0.05) is 57.0 Å². The van der Waals surface area contributed by atoms with E-state index in [-0.39, 0.29) is 23.3 Å². The highest BCUT2D eigenvalue weighted by atomic mass is 19.4. The first-order valence-electron chi connectivity index (χ1n) is 18.5. The number of benzene rings is 7. The zero-order valence-corrected chi connectivity index (χ0v) is 31.2. The summed E-state index contributed by atoms with van der Waals surface area (Å²) >= 11 is 0. The highest BCUT2D eigenvalue weighted by Gasteiger charge is 2.45. The maximum absolute atomic E-state index is 14.4. The van der Waals surface area contributed by atoms with E-state index in [9.17, 15) is 13.2 Å². The van der Waals surface area contributed by atoms with Crippen molar-refractivity contribution in [2.75, 3.05) is 9.80 Å². The number of fused-ring (bicyclic) bond motifs is 8. The van der Waals surface area contributed by atoms with Gasteiger partial charge >= 0.3 is 6.36 Å². The number of hydrogen-bond acceptors (Lipinski definition) is 3. The van der Waals surface area contributed by atoms with Crippen molar-refractivity contribution in [2.45, 2.75) is 58.7 Å². The van der Waals surface area contributed by atoms with E-state index in [1.807, 2.05) is 36.4 Å². The second-order valence-electron chi connectivity index (χ2n) is 16.6. The molecule has 0 N–H and O–H groups in total. The number of hydrogen-bond donors (Lipinski definition) is 0. The van der Waals surface area contributed by atoms with Crippen LogP contribution in [-0.2, 0) is 10.8 Å². The standard InChI is InChI=1S/C47H40BF3N2O/c1-45(2,3)31-15-11-17-33(25-31)52-40-27-35(54-47(49,50)51)28-41-42(40)48(38-23-21-29-13-7-9-19-36(29)43(38)52)39-24-22-30-14-8-10-20-37(30)44(39)53(41)34-18-12-16-32(26-34)46(4,5)6/h7-28H,1-6H3. The molecule has 0 fully saturated rings. The molecule has 54 heavy (non-hydrogen) atoms. The molecule has 3 nitrogen and oxygen atoms in total. The minimum atomic E-state index is -4.90. The Morgan fingerprint density at radius 2 is 0.944 bits per heavy atom. The van der Waals surface area contributed by atoms with Gasteiger partial charge in [-0.25, -0.2) is 0 Å². The van der Waals surface area contributed by atoms with Crippen molar-refractivity contribution in [3.63, 3.8) is 0 Å². The van der Waals surface area contributed by atoms with Gasteiger partial charge in [0.05, 0.1) is 0 Å². The summed E-state index contributed by atoms with van der Waals surface area (Å²) < 4.78 is 48.0. The predicted octanol–water partition coefficient (Wildman–Crippen LogP) is 11.6. The van der Waals surface area contributed by atoms with E-state index in [0.29, 0.717) is 11.4 Å². The lowest BCUT2D eigenvalue weighted by atomic mass is 9.33. The number of alkyl halides is 3. The molecule has 2 aliphatic heterocycles. The molecule has 0 radical (unpaired) electrons. The van der Waals surface area contributed by atoms with E-state index >= 15 is 0 Å². The van der Waals surface area contributed by atoms with Crippen LogP contribution in [-0.4, -0.2) is 13.1 Å². The molecule has 0 saturated heterocycles. The summed E-state index contributed by atoms with van der Waals surface area (Å²) in [5.41, 5.74) is 9.99. The van der Waals surface area contributed by atoms with Crippen LogP contribution in [0.25, 0.3) is 21.5 Å². The van der Waals surface area contributed by atoms with E-state index < -0.39 is 6.36 Å². The van der Waals surface area contributed by atoms with Crippen LogP contribution in [0.15, 0.2) is 133 Å². The lowest BCUT2D eigenvalue weighted by molar-refractivity contribution is -0.274. The maximum Gasteiger partial charge on any atom is 0.573 e. The zero-order chi connectivity index (χ0) is 37.7. The van der Waals surface area contributed by atoms with Crippen LogP contribution in [0.3, 0.4) is 0 Å². The highest BCUT2D eigenvalue weighted by molar-refractivity contribution is 7.00. The first-order valence-corrected chi connectivity index (χ1v) is 18.5. The molecule has 0 aromatic heterocycles. The Bertz CT molecular complexity index is 2470. The molecule has 0 atom stereocenters. The number of halogens is 3. The van der Waals surface area contributed by atoms with Gasteiger partial charge in [-0.1, -0.05) is 139 Å². The number of anilines is 6. The van der Waals surface area contributed by atoms with E-state index in [4.69, 9.17) is 4.74 Å². The highest BCUT2D eigenvalue weighted by Crippen LogP contribution is 2.49. The molecule has 9 rings (SSSR count). The summed E-state index contributed by atoms with van der Waals surface area (Å²) in [5, 5.41) is 4.14. The third-order valence-corrected chi connectivity index (χ3v) is 11.0. The van der Waals surface area contributed by atoms with Crippen LogP contribution in [0.1, 0.15) is 52.7 Å². The van der Waals surface area contributed by atoms with Crippen LogP contribution in [0.2, 0.25) is 0 Å². The average Bonchev–Trinajstić information content (AvgIpc) is 3.13. The van der Waals surface area contributed by atoms with Crippen molar-refractivity contribution < 1.29 is 17.9 Å². The Kier molecular flexibility index (Phi) is 7.52. The fraction of sp³-hybridized carbons (Fsp3) is 0.191. The third-order valence-electron chi connectivity index (χ3n) is 11.0. The smallest absolute Gasteiger partial charge is 0.406 e. The van der Waals surface area contributed by atoms with Crippen molar-refractivity contribution in [3.8, 4) is 5.75 Å². The molecular formula is C47H40BF3N2O. The first kappa shape index (κ1) is 34.1. The molecule has 2 heterocycles. The van der Waals surface area contributed by atoms with Crippen molar-refractivity contribution in [2.24, 2.45) is 0 Å². The molecule has 7 aromatic carbocycles. The normalized spacial score (nSPS) is 13.9. The third kappa shape index (κ3) is 5.52. The Hall–Kier alpha value is -5.69. The molecular weight excluding hydrogens is 676 g/mol. The summed E-state index contributed by atoms with van der Waals surface area (Å²) in [4.78, 5) is 4.34. The van der Waals surface area contributed by atoms with Crippen LogP contribution in [0.5, 0.6) is 5.75 Å². The van der Waals surface area contributed by atoms with Crippen LogP contribution in [0, 0.1) is 0 Å². The maximum atomic E-state index is 14.4. The molecule has 0 spiro atoms. The molecule has 0 unspecified atom stereocenters. The zero-order valence-electron chi connectivity index (χ0n) is 31.2. The van der Waals surface area contributed by atoms with Crippen molar-refractivity contribution >= 4 is 78.8 Å². The van der Waals surface area contributed by atoms with Gasteiger partial charge in [0.25, 0.3) is 6.71 Å². The number of rotatable bonds is 3. The van der Waals surface area contributed by atoms with Gasteiger partial charge in [-0.2, -0.15) is 0 Å². The second-order valence-corrected chi connectivity index (χ2v) is 16.6. The summed E-state index contributed by atoms with van der Waals surface area (Å²) in [5.74, 6) is -0.267. The molecule has 7 aromatic rings. The molecule has 0 bridgehead atoms. The first-order chi connectivity index (χ1) is 25.7. The fourth-order valence-corrected chi connectivity index (χ4v) is 8.44. The van der Waals surface area contributed by atoms with Gasteiger partial charge in [0.15, 0.2) is 0 Å². The van der Waals surface area contributed by atoms with Crippen molar-refractivity contribution in [1.29, 1.82) is 0 Å². The molecule has 0 aliphatic carbocycles. The van der Waals surface area contributed by atoms with Gasteiger partial charge in [0.2, 0.25) is 0 Å². The second kappa shape index (κ2) is 11.9. The van der Waals surface area contributed by atoms with Crippen LogP contribution in [0.4, 0.5) is 47.3 Å². The van der Waals surface area contributed by atoms with Gasteiger partial charge in [0.1, 0.15) is 5.75 Å². The van der Waals surface area contributed by atoms with Gasteiger partial charge in [-0.3, -0.25) is 0 Å². The summed E-state index contributed by atoms with van der Waals surface area (Å²) in [7, 11) is 0. The Balaban J connectivity index is 1.45. The van der Waals surface area contributed by atoms with Gasteiger partial charge < -0.3 is 14.5 Å². The molecule has 0 amide bonds. The van der Waals surface area contributed by atoms with E-state index in [2.05, 4.69) is 136 Å². The lowest BCUT2D eigenvalue weighted by Crippen LogP contribution is -2.61. The van der Waals surface area contributed by atoms with Crippen molar-refractivity contribution in [3.05, 3.63) is 145 Å². The monoisotopic (exact) mass is 716 g/mol. The summed E-state index contributed by atoms with van der Waals surface area (Å²) in [6.07, 6.45) is -4.90. The quantitative estimate of drug-likeness (QED) is 0.169. The van der Waals surface area contributed by atoms with Gasteiger partial charge in [-0.15, -0.1) is 13.2 Å². The topological polar surface area (TPSA) is 15.7 Å². The number of nitrogens with zero attached hydrogens (tertiary/aromatic N) is 2. The molecule has 7 heteroatoms. The Morgan fingerprint density at radius 3 is 1.37 bits per heavy atom. The molecule has 268 valence electrons. The summed E-state index contributed by atoms with van der Waals surface area (Å²) in [6, 6.07) is 45.2. The number of ether oxygens (including phenoxy) is 1. The SMILES string of the molecule is CC(C)(C)c1cccc(N2c3cc(OC(F)(F)F)cc4c3B(c3ccc5ccccc5c32)c2ccc3ccccc3c2N4c2cccc(C(C)(C)C)c2)c1. The Labute approximate surface area is 314 Å². The fourth-order valence-electron chi connectivity index (χ4n) is 8.44. The van der Waals surface area contributed by atoms with Crippen molar-refractivity contribution in [1.82, 2.24) is 0 Å². The minimum Gasteiger partial charge on any atom is -0.406 e. The molecule has 0 saturated carbocycles. The largest absolute Gasteiger partial charge is 0.573 e. The predicted molar refractivity (Wildman–Crippen MR) is 220 cm³/mol. The Morgan fingerprint density at radius 1 is 0.500 bits per heavy atom. The van der Waals surface area contributed by atoms with E-state index in [1.165, 1.54) is 0 Å². The van der Waals surface area contributed by atoms with Crippen LogP contribution >= 0.6 is 0 Å². The van der Waals surface area contributed by atoms with E-state index in [0.717, 1.165) is 71.8 Å².